The van der Waals surface area contributed by atoms with Crippen molar-refractivity contribution in [3.63, 3.8) is 0 Å². The van der Waals surface area contributed by atoms with Gasteiger partial charge in [-0.25, -0.2) is 15.0 Å². The molecule has 31 heavy (non-hydrogen) atoms. The molecule has 9 nitrogen and oxygen atoms in total. The third-order valence-electron chi connectivity index (χ3n) is 4.86. The number of hydrazine groups is 1. The lowest BCUT2D eigenvalue weighted by Gasteiger charge is -2.19. The monoisotopic (exact) mass is 452 g/mol. The van der Waals surface area contributed by atoms with Crippen molar-refractivity contribution in [2.45, 2.75) is 85.2 Å². The summed E-state index contributed by atoms with van der Waals surface area (Å²) in [4.78, 5) is 39.6. The highest BCUT2D eigenvalue weighted by Crippen LogP contribution is 2.34. The molecule has 0 aliphatic heterocycles. The van der Waals surface area contributed by atoms with Crippen LogP contribution in [-0.2, 0) is 22.6 Å². The van der Waals surface area contributed by atoms with E-state index in [1.165, 1.54) is 15.9 Å². The quantitative estimate of drug-likeness (QED) is 0.597. The molecule has 0 aromatic carbocycles. The van der Waals surface area contributed by atoms with E-state index in [9.17, 15) is 14.4 Å². The number of nitrogens with zero attached hydrogens (tertiary/aromatic N) is 2. The van der Waals surface area contributed by atoms with E-state index in [0.717, 1.165) is 23.3 Å². The number of ether oxygens (including phenoxy) is 2. The zero-order valence-corrected chi connectivity index (χ0v) is 19.9. The largest absolute Gasteiger partial charge is 0.443 e. The second kappa shape index (κ2) is 9.13. The molecule has 0 atom stereocenters. The van der Waals surface area contributed by atoms with Gasteiger partial charge in [0.05, 0.1) is 24.6 Å². The lowest BCUT2D eigenvalue weighted by atomic mass is 10.2. The Bertz CT molecular complexity index is 1070. The first-order valence-corrected chi connectivity index (χ1v) is 11.4. The topological polar surface area (TPSA) is 104 Å². The van der Waals surface area contributed by atoms with Gasteiger partial charge in [0.1, 0.15) is 10.4 Å². The predicted octanol–water partition coefficient (Wildman–Crippen LogP) is 2.82. The van der Waals surface area contributed by atoms with Crippen LogP contribution in [0.2, 0.25) is 0 Å². The standard InChI is InChI=1S/C21H32N4O5S/c1-12(2)29-10-9-24-18-16(17(26)25(20(24)28)14-7-8-14)13(3)15(31-18)11-22-23-19(27)30-21(4,5)6/h12,14,22H,7-11H2,1-6H3,(H,23,27). The zero-order chi connectivity index (χ0) is 22.9. The molecule has 0 bridgehead atoms. The summed E-state index contributed by atoms with van der Waals surface area (Å²) in [7, 11) is 0. The Labute approximate surface area is 185 Å². The Balaban J connectivity index is 1.90. The minimum atomic E-state index is -0.596. The average Bonchev–Trinajstić information content (AvgIpc) is 3.40. The van der Waals surface area contributed by atoms with Crippen molar-refractivity contribution in [2.75, 3.05) is 6.61 Å². The minimum absolute atomic E-state index is 0.0172. The number of aromatic nitrogens is 2. The van der Waals surface area contributed by atoms with Gasteiger partial charge in [-0.05, 0) is 59.9 Å². The SMILES string of the molecule is Cc1c(CNNC(=O)OC(C)(C)C)sc2c1c(=O)n(C1CC1)c(=O)n2CCOC(C)C. The molecule has 3 rings (SSSR count). The molecular formula is C21H32N4O5S. The summed E-state index contributed by atoms with van der Waals surface area (Å²) in [6.07, 6.45) is 1.18. The van der Waals surface area contributed by atoms with E-state index in [1.807, 2.05) is 20.8 Å². The highest BCUT2D eigenvalue weighted by molar-refractivity contribution is 7.18. The van der Waals surface area contributed by atoms with Crippen molar-refractivity contribution < 1.29 is 14.3 Å². The van der Waals surface area contributed by atoms with E-state index in [4.69, 9.17) is 9.47 Å². The Morgan fingerprint density at radius 1 is 1.26 bits per heavy atom. The molecule has 0 saturated heterocycles. The molecule has 1 saturated carbocycles. The summed E-state index contributed by atoms with van der Waals surface area (Å²) in [5, 5.41) is 0.565. The molecule has 2 aromatic rings. The van der Waals surface area contributed by atoms with Gasteiger partial charge in [0.25, 0.3) is 5.56 Å². The highest BCUT2D eigenvalue weighted by atomic mass is 32.1. The fraction of sp³-hybridized carbons (Fsp3) is 0.667. The summed E-state index contributed by atoms with van der Waals surface area (Å²) < 4.78 is 13.9. The smallest absolute Gasteiger partial charge is 0.422 e. The maximum absolute atomic E-state index is 13.2. The molecule has 10 heteroatoms. The third-order valence-corrected chi connectivity index (χ3v) is 6.17. The third kappa shape index (κ3) is 5.55. The van der Waals surface area contributed by atoms with E-state index >= 15 is 0 Å². The summed E-state index contributed by atoms with van der Waals surface area (Å²) in [6.45, 7) is 12.2. The molecule has 2 heterocycles. The number of carbonyl (C=O) groups excluding carboxylic acids is 1. The number of hydrogen-bond acceptors (Lipinski definition) is 7. The Morgan fingerprint density at radius 3 is 2.52 bits per heavy atom. The fourth-order valence-corrected chi connectivity index (χ4v) is 4.57. The van der Waals surface area contributed by atoms with Crippen molar-refractivity contribution in [2.24, 2.45) is 0 Å². The fourth-order valence-electron chi connectivity index (χ4n) is 3.31. The summed E-state index contributed by atoms with van der Waals surface area (Å²) >= 11 is 1.38. The zero-order valence-electron chi connectivity index (χ0n) is 19.0. The molecule has 0 unspecified atom stereocenters. The maximum atomic E-state index is 13.2. The van der Waals surface area contributed by atoms with E-state index in [-0.39, 0.29) is 23.4 Å². The molecule has 1 amide bonds. The molecule has 0 radical (unpaired) electrons. The maximum Gasteiger partial charge on any atom is 0.422 e. The number of amides is 1. The molecule has 2 aromatic heterocycles. The Kier molecular flexibility index (Phi) is 6.92. The highest BCUT2D eigenvalue weighted by Gasteiger charge is 2.30. The molecule has 1 aliphatic rings. The number of nitrogens with one attached hydrogen (secondary N) is 2. The Hall–Kier alpha value is -2.17. The molecule has 1 fully saturated rings. The van der Waals surface area contributed by atoms with E-state index in [0.29, 0.717) is 29.9 Å². The van der Waals surface area contributed by atoms with Crippen LogP contribution in [0.15, 0.2) is 9.59 Å². The van der Waals surface area contributed by atoms with Crippen molar-refractivity contribution >= 4 is 27.6 Å². The van der Waals surface area contributed by atoms with Crippen LogP contribution in [0.4, 0.5) is 4.79 Å². The molecule has 2 N–H and O–H groups in total. The van der Waals surface area contributed by atoms with Gasteiger partial charge in [-0.3, -0.25) is 19.4 Å². The van der Waals surface area contributed by atoms with Gasteiger partial charge >= 0.3 is 11.8 Å². The van der Waals surface area contributed by atoms with Crippen molar-refractivity contribution in [1.82, 2.24) is 20.0 Å². The lowest BCUT2D eigenvalue weighted by molar-refractivity contribution is 0.0497. The number of rotatable bonds is 8. The van der Waals surface area contributed by atoms with E-state index in [1.54, 1.807) is 25.3 Å². The van der Waals surface area contributed by atoms with Gasteiger partial charge in [0, 0.05) is 17.5 Å². The van der Waals surface area contributed by atoms with E-state index in [2.05, 4.69) is 10.9 Å². The molecular weight excluding hydrogens is 420 g/mol. The first-order valence-electron chi connectivity index (χ1n) is 10.6. The number of thiophene rings is 1. The van der Waals surface area contributed by atoms with Crippen molar-refractivity contribution in [1.29, 1.82) is 0 Å². The predicted molar refractivity (Wildman–Crippen MR) is 121 cm³/mol. The molecule has 172 valence electrons. The second-order valence-corrected chi connectivity index (χ2v) is 10.2. The molecule has 1 aliphatic carbocycles. The number of aryl methyl sites for hydroxylation is 1. The average molecular weight is 453 g/mol. The first-order chi connectivity index (χ1) is 14.5. The number of hydrogen-bond donors (Lipinski definition) is 2. The van der Waals surface area contributed by atoms with Crippen molar-refractivity contribution in [3.05, 3.63) is 31.3 Å². The van der Waals surface area contributed by atoms with Crippen LogP contribution in [0.5, 0.6) is 0 Å². The van der Waals surface area contributed by atoms with Crippen LogP contribution in [0.1, 0.15) is 63.9 Å². The van der Waals surface area contributed by atoms with Crippen LogP contribution >= 0.6 is 11.3 Å². The van der Waals surface area contributed by atoms with Gasteiger partial charge in [-0.2, -0.15) is 0 Å². The van der Waals surface area contributed by atoms with Crippen LogP contribution in [0, 0.1) is 6.92 Å². The minimum Gasteiger partial charge on any atom is -0.443 e. The number of carbonyl (C=O) groups is 1. The summed E-state index contributed by atoms with van der Waals surface area (Å²) in [5.74, 6) is 0. The first kappa shape index (κ1) is 23.5. The number of fused-ring (bicyclic) bond motifs is 1. The van der Waals surface area contributed by atoms with Gasteiger partial charge in [-0.1, -0.05) is 0 Å². The van der Waals surface area contributed by atoms with Gasteiger partial charge < -0.3 is 9.47 Å². The van der Waals surface area contributed by atoms with Crippen molar-refractivity contribution in [3.8, 4) is 0 Å². The second-order valence-electron chi connectivity index (χ2n) is 9.07. The summed E-state index contributed by atoms with van der Waals surface area (Å²) in [5.41, 5.74) is 5.07. The lowest BCUT2D eigenvalue weighted by Crippen LogP contribution is -2.40. The van der Waals surface area contributed by atoms with Crippen LogP contribution < -0.4 is 22.1 Å². The van der Waals surface area contributed by atoms with Crippen LogP contribution in [0.25, 0.3) is 10.2 Å². The van der Waals surface area contributed by atoms with Gasteiger partial charge in [0.2, 0.25) is 0 Å². The normalized spacial score (nSPS) is 14.4. The summed E-state index contributed by atoms with van der Waals surface area (Å²) in [6, 6.07) is -0.0172. The van der Waals surface area contributed by atoms with Gasteiger partial charge in [-0.15, -0.1) is 11.3 Å². The Morgan fingerprint density at radius 2 is 1.94 bits per heavy atom. The van der Waals surface area contributed by atoms with E-state index < -0.39 is 11.7 Å². The van der Waals surface area contributed by atoms with Gasteiger partial charge in [0.15, 0.2) is 0 Å². The molecule has 0 spiro atoms. The van der Waals surface area contributed by atoms with Crippen LogP contribution in [0.3, 0.4) is 0 Å². The van der Waals surface area contributed by atoms with Crippen LogP contribution in [-0.4, -0.2) is 33.5 Å².